The molecule has 0 spiro atoms. The van der Waals surface area contributed by atoms with Gasteiger partial charge in [-0.25, -0.2) is 4.98 Å². The van der Waals surface area contributed by atoms with Gasteiger partial charge in [0.2, 0.25) is 5.91 Å². The fourth-order valence-electron chi connectivity index (χ4n) is 2.83. The van der Waals surface area contributed by atoms with Crippen molar-refractivity contribution in [2.45, 2.75) is 25.7 Å². The molecule has 5 heteroatoms. The molecule has 1 aromatic heterocycles. The molecule has 3 rings (SSSR count). The summed E-state index contributed by atoms with van der Waals surface area (Å²) in [5, 5.41) is 6.29. The summed E-state index contributed by atoms with van der Waals surface area (Å²) in [5.74, 6) is 1.68. The maximum atomic E-state index is 11.8. The van der Waals surface area contributed by atoms with Crippen LogP contribution in [0, 0.1) is 5.92 Å². The Morgan fingerprint density at radius 2 is 2.29 bits per heavy atom. The lowest BCUT2D eigenvalue weighted by Gasteiger charge is -2.08. The molecule has 0 bridgehead atoms. The van der Waals surface area contributed by atoms with Crippen LogP contribution in [0.15, 0.2) is 24.3 Å². The van der Waals surface area contributed by atoms with E-state index in [-0.39, 0.29) is 5.91 Å². The topological polar surface area (TPSA) is 69.8 Å². The number of imidazole rings is 1. The number of nitrogens with one attached hydrogen (secondary N) is 3. The molecule has 5 nitrogen and oxygen atoms in total. The van der Waals surface area contributed by atoms with E-state index in [1.807, 2.05) is 24.3 Å². The maximum absolute atomic E-state index is 11.8. The second-order valence-corrected chi connectivity index (χ2v) is 5.72. The number of amides is 1. The molecule has 1 atom stereocenters. The van der Waals surface area contributed by atoms with Gasteiger partial charge in [-0.05, 0) is 44.0 Å². The largest absolute Gasteiger partial charge is 0.356 e. The van der Waals surface area contributed by atoms with Crippen molar-refractivity contribution in [1.29, 1.82) is 0 Å². The Labute approximate surface area is 124 Å². The van der Waals surface area contributed by atoms with Crippen molar-refractivity contribution in [2.24, 2.45) is 5.92 Å². The Bertz CT molecular complexity index is 568. The molecule has 1 aliphatic heterocycles. The summed E-state index contributed by atoms with van der Waals surface area (Å²) in [7, 11) is 0. The molecule has 0 aliphatic carbocycles. The van der Waals surface area contributed by atoms with Gasteiger partial charge in [0.25, 0.3) is 0 Å². The van der Waals surface area contributed by atoms with Crippen molar-refractivity contribution < 1.29 is 4.79 Å². The summed E-state index contributed by atoms with van der Waals surface area (Å²) >= 11 is 0. The zero-order valence-corrected chi connectivity index (χ0v) is 12.2. The molecule has 2 aromatic rings. The van der Waals surface area contributed by atoms with Gasteiger partial charge in [0.05, 0.1) is 11.0 Å². The second-order valence-electron chi connectivity index (χ2n) is 5.72. The van der Waals surface area contributed by atoms with Gasteiger partial charge in [-0.15, -0.1) is 0 Å². The number of H-pyrrole nitrogens is 1. The van der Waals surface area contributed by atoms with Crippen molar-refractivity contribution in [3.8, 4) is 0 Å². The molecule has 1 saturated heterocycles. The molecule has 112 valence electrons. The number of aromatic nitrogens is 2. The Morgan fingerprint density at radius 1 is 1.38 bits per heavy atom. The zero-order valence-electron chi connectivity index (χ0n) is 12.2. The van der Waals surface area contributed by atoms with E-state index in [2.05, 4.69) is 20.6 Å². The molecule has 1 fully saturated rings. The number of hydrogen-bond donors (Lipinski definition) is 3. The minimum atomic E-state index is 0.174. The summed E-state index contributed by atoms with van der Waals surface area (Å²) in [6, 6.07) is 8.03. The van der Waals surface area contributed by atoms with Gasteiger partial charge < -0.3 is 15.6 Å². The summed E-state index contributed by atoms with van der Waals surface area (Å²) in [6.45, 7) is 2.74. The molecule has 1 aromatic carbocycles. The Morgan fingerprint density at radius 3 is 3.10 bits per heavy atom. The predicted molar refractivity (Wildman–Crippen MR) is 83.0 cm³/mol. The number of benzene rings is 1. The average molecular weight is 286 g/mol. The number of para-hydroxylation sites is 2. The molecule has 0 unspecified atom stereocenters. The molecular formula is C16H22N4O. The van der Waals surface area contributed by atoms with Crippen molar-refractivity contribution in [3.05, 3.63) is 30.1 Å². The van der Waals surface area contributed by atoms with E-state index in [4.69, 9.17) is 0 Å². The van der Waals surface area contributed by atoms with Crippen LogP contribution in [0.25, 0.3) is 11.0 Å². The summed E-state index contributed by atoms with van der Waals surface area (Å²) < 4.78 is 0. The normalized spacial score (nSPS) is 18.2. The van der Waals surface area contributed by atoms with Gasteiger partial charge in [0.1, 0.15) is 5.82 Å². The maximum Gasteiger partial charge on any atom is 0.220 e. The van der Waals surface area contributed by atoms with Crippen LogP contribution in [0.4, 0.5) is 0 Å². The van der Waals surface area contributed by atoms with E-state index in [9.17, 15) is 4.79 Å². The van der Waals surface area contributed by atoms with E-state index >= 15 is 0 Å². The zero-order chi connectivity index (χ0) is 14.5. The van der Waals surface area contributed by atoms with Gasteiger partial charge in [-0.1, -0.05) is 12.1 Å². The van der Waals surface area contributed by atoms with Crippen LogP contribution in [-0.2, 0) is 11.2 Å². The lowest BCUT2D eigenvalue weighted by atomic mass is 10.0. The third-order valence-corrected chi connectivity index (χ3v) is 3.99. The Kier molecular flexibility index (Phi) is 4.50. The number of fused-ring (bicyclic) bond motifs is 1. The van der Waals surface area contributed by atoms with Gasteiger partial charge >= 0.3 is 0 Å². The van der Waals surface area contributed by atoms with E-state index in [1.54, 1.807) is 0 Å². The highest BCUT2D eigenvalue weighted by Crippen LogP contribution is 2.12. The molecule has 3 N–H and O–H groups in total. The highest BCUT2D eigenvalue weighted by Gasteiger charge is 2.17. The number of aromatic amines is 1. The summed E-state index contributed by atoms with van der Waals surface area (Å²) in [6.07, 6.45) is 3.54. The third-order valence-electron chi connectivity index (χ3n) is 3.99. The monoisotopic (exact) mass is 286 g/mol. The first-order valence-electron chi connectivity index (χ1n) is 7.72. The summed E-state index contributed by atoms with van der Waals surface area (Å²) in [5.41, 5.74) is 2.08. The standard InChI is InChI=1S/C16H22N4O/c21-16(10-12-7-9-17-11-12)18-8-3-6-15-19-13-4-1-2-5-14(13)20-15/h1-2,4-5,12,17H,3,6-11H2,(H,18,21)(H,19,20)/t12-/m0/s1. The highest BCUT2D eigenvalue weighted by molar-refractivity contribution is 5.76. The fourth-order valence-corrected chi connectivity index (χ4v) is 2.83. The lowest BCUT2D eigenvalue weighted by Crippen LogP contribution is -2.27. The van der Waals surface area contributed by atoms with Crippen LogP contribution in [0.1, 0.15) is 25.1 Å². The molecule has 0 saturated carbocycles. The van der Waals surface area contributed by atoms with Crippen molar-refractivity contribution >= 4 is 16.9 Å². The van der Waals surface area contributed by atoms with Gasteiger partial charge in [0, 0.05) is 19.4 Å². The number of rotatable bonds is 6. The molecule has 1 amide bonds. The van der Waals surface area contributed by atoms with E-state index in [0.29, 0.717) is 12.3 Å². The van der Waals surface area contributed by atoms with Crippen molar-refractivity contribution in [1.82, 2.24) is 20.6 Å². The van der Waals surface area contributed by atoms with Crippen molar-refractivity contribution in [2.75, 3.05) is 19.6 Å². The van der Waals surface area contributed by atoms with Crippen LogP contribution < -0.4 is 10.6 Å². The molecule has 0 radical (unpaired) electrons. The SMILES string of the molecule is O=C(C[C@@H]1CCNC1)NCCCc1nc2ccccc2[nH]1. The number of aryl methyl sites for hydroxylation is 1. The first kappa shape index (κ1) is 14.1. The number of carbonyl (C=O) groups is 1. The number of carbonyl (C=O) groups excluding carboxylic acids is 1. The van der Waals surface area contributed by atoms with Gasteiger partial charge in [-0.3, -0.25) is 4.79 Å². The predicted octanol–water partition coefficient (Wildman–Crippen LogP) is 1.61. The van der Waals surface area contributed by atoms with Crippen LogP contribution in [-0.4, -0.2) is 35.5 Å². The number of hydrogen-bond acceptors (Lipinski definition) is 3. The molecular weight excluding hydrogens is 264 g/mol. The van der Waals surface area contributed by atoms with E-state index in [1.165, 1.54) is 0 Å². The molecule has 21 heavy (non-hydrogen) atoms. The summed E-state index contributed by atoms with van der Waals surface area (Å²) in [4.78, 5) is 19.6. The Hall–Kier alpha value is -1.88. The average Bonchev–Trinajstić information content (AvgIpc) is 3.12. The molecule has 2 heterocycles. The Balaban J connectivity index is 1.38. The highest BCUT2D eigenvalue weighted by atomic mass is 16.1. The molecule has 1 aliphatic rings. The van der Waals surface area contributed by atoms with Crippen molar-refractivity contribution in [3.63, 3.8) is 0 Å². The smallest absolute Gasteiger partial charge is 0.220 e. The lowest BCUT2D eigenvalue weighted by molar-refractivity contribution is -0.121. The van der Waals surface area contributed by atoms with Gasteiger partial charge in [-0.2, -0.15) is 0 Å². The second kappa shape index (κ2) is 6.72. The third kappa shape index (κ3) is 3.82. The fraction of sp³-hybridized carbons (Fsp3) is 0.500. The minimum Gasteiger partial charge on any atom is -0.356 e. The first-order chi connectivity index (χ1) is 10.3. The quantitative estimate of drug-likeness (QED) is 0.707. The number of nitrogens with zero attached hydrogens (tertiary/aromatic N) is 1. The van der Waals surface area contributed by atoms with Crippen LogP contribution >= 0.6 is 0 Å². The van der Waals surface area contributed by atoms with Crippen LogP contribution in [0.2, 0.25) is 0 Å². The van der Waals surface area contributed by atoms with E-state index < -0.39 is 0 Å². The van der Waals surface area contributed by atoms with Crippen LogP contribution in [0.3, 0.4) is 0 Å². The first-order valence-corrected chi connectivity index (χ1v) is 7.72. The van der Waals surface area contributed by atoms with Crippen LogP contribution in [0.5, 0.6) is 0 Å². The van der Waals surface area contributed by atoms with Gasteiger partial charge in [0.15, 0.2) is 0 Å². The van der Waals surface area contributed by atoms with E-state index in [0.717, 1.165) is 55.8 Å². The minimum absolute atomic E-state index is 0.174.